The van der Waals surface area contributed by atoms with Crippen molar-refractivity contribution in [3.8, 4) is 0 Å². The number of carbonyl (C=O) groups is 1. The van der Waals surface area contributed by atoms with Gasteiger partial charge in [-0.2, -0.15) is 15.1 Å². The van der Waals surface area contributed by atoms with Gasteiger partial charge in [0.25, 0.3) is 0 Å². The summed E-state index contributed by atoms with van der Waals surface area (Å²) in [4.78, 5) is 20.4. The Bertz CT molecular complexity index is 1110. The van der Waals surface area contributed by atoms with Crippen LogP contribution in [-0.2, 0) is 9.47 Å². The number of carbonyl (C=O) groups excluding carboxylic acids is 1. The van der Waals surface area contributed by atoms with Crippen LogP contribution in [0.4, 0.5) is 10.7 Å². The molecule has 2 bridgehead atoms. The van der Waals surface area contributed by atoms with Crippen LogP contribution in [-0.4, -0.2) is 39.5 Å². The van der Waals surface area contributed by atoms with E-state index in [4.69, 9.17) is 22.1 Å². The lowest BCUT2D eigenvalue weighted by atomic mass is 9.46. The van der Waals surface area contributed by atoms with Crippen molar-refractivity contribution in [3.05, 3.63) is 18.2 Å². The molecule has 3 heterocycles. The zero-order valence-electron chi connectivity index (χ0n) is 20.3. The first kappa shape index (κ1) is 23.2. The fourth-order valence-electron chi connectivity index (χ4n) is 8.05. The van der Waals surface area contributed by atoms with Crippen molar-refractivity contribution >= 4 is 47.5 Å². The number of rotatable bonds is 3. The second-order valence-electron chi connectivity index (χ2n) is 11.2. The highest BCUT2D eigenvalue weighted by Gasteiger charge is 2.65. The maximum absolute atomic E-state index is 11.6. The van der Waals surface area contributed by atoms with Gasteiger partial charge < -0.3 is 9.47 Å². The minimum Gasteiger partial charge on any atom is -0.423 e. The summed E-state index contributed by atoms with van der Waals surface area (Å²) in [6.45, 7) is 5.00. The van der Waals surface area contributed by atoms with Crippen LogP contribution in [0.3, 0.4) is 0 Å². The Morgan fingerprint density at radius 3 is 2.91 bits per heavy atom. The van der Waals surface area contributed by atoms with Crippen LogP contribution in [0, 0.1) is 29.1 Å². The molecule has 2 saturated heterocycles. The number of hydrogen-bond donors (Lipinski definition) is 3. The Hall–Kier alpha value is -1.22. The summed E-state index contributed by atoms with van der Waals surface area (Å²) in [5.74, 6) is 3.50. The molecule has 184 valence electrons. The lowest BCUT2D eigenvalue weighted by molar-refractivity contribution is -0.489. The minimum atomic E-state index is -0.404. The number of nitrogens with one attached hydrogen (secondary N) is 1. The molecule has 7 rings (SSSR count). The molecular formula is C26H36N3O3S2+. The van der Waals surface area contributed by atoms with Crippen molar-refractivity contribution in [2.75, 3.05) is 7.11 Å². The van der Waals surface area contributed by atoms with Gasteiger partial charge >= 0.3 is 12.0 Å². The van der Waals surface area contributed by atoms with E-state index < -0.39 is 6.09 Å². The molecule has 8 heteroatoms. The molecule has 1 spiro atoms. The Morgan fingerprint density at radius 1 is 1.24 bits per heavy atom. The number of amides is 1. The van der Waals surface area contributed by atoms with E-state index in [1.807, 2.05) is 17.8 Å². The van der Waals surface area contributed by atoms with Gasteiger partial charge in [-0.05, 0) is 80.4 Å². The topological polar surface area (TPSA) is 80.8 Å². The molecule has 3 N–H and O–H groups in total. The molecule has 2 aromatic rings. The average molecular weight is 503 g/mol. The fraction of sp³-hybridized carbons (Fsp3) is 0.692. The zero-order valence-corrected chi connectivity index (χ0v) is 22.0. The first-order chi connectivity index (χ1) is 16.3. The van der Waals surface area contributed by atoms with Crippen molar-refractivity contribution in [3.63, 3.8) is 0 Å². The number of nitrogens with two attached hydrogens (primary N) is 1. The summed E-state index contributed by atoms with van der Waals surface area (Å²) < 4.78 is 11.6. The van der Waals surface area contributed by atoms with Crippen LogP contribution in [0.15, 0.2) is 23.1 Å². The number of H-pyrrole nitrogens is 1. The summed E-state index contributed by atoms with van der Waals surface area (Å²) in [6.07, 6.45) is 8.50. The standard InChI is InChI=1S/C26H35N3O3S2/c1-14-4-6-18-15(2)21(13-22-26(18)11-10-25(33,32-22)9-8-17(14)26)34-16-5-7-19-20(12-16)28-23(27-19)29-24(30)31-3/h5,7,12,14-15,17-18,21-22,33H,4,6,8-11,13H2,1-3H3,(H2,27,28,29,30)/p+1/t14-,15-,17+,18?,21?,22+,25-,26+/m1/s1. The summed E-state index contributed by atoms with van der Waals surface area (Å²) in [5.41, 5.74) is 2.16. The maximum atomic E-state index is 11.6. The van der Waals surface area contributed by atoms with Gasteiger partial charge in [-0.15, -0.1) is 24.4 Å². The highest BCUT2D eigenvalue weighted by atomic mass is 32.2. The Kier molecular flexibility index (Phi) is 5.75. The monoisotopic (exact) mass is 502 g/mol. The van der Waals surface area contributed by atoms with E-state index in [9.17, 15) is 4.79 Å². The smallest absolute Gasteiger partial charge is 0.423 e. The number of aromatic nitrogens is 2. The number of primary amides is 1. The van der Waals surface area contributed by atoms with E-state index in [0.29, 0.717) is 28.6 Å². The van der Waals surface area contributed by atoms with Crippen LogP contribution >= 0.6 is 24.4 Å². The lowest BCUT2D eigenvalue weighted by Crippen LogP contribution is -2.82. The largest absolute Gasteiger partial charge is 0.520 e. The molecular weight excluding hydrogens is 466 g/mol. The molecule has 2 aliphatic heterocycles. The van der Waals surface area contributed by atoms with Gasteiger partial charge in [0.05, 0.1) is 24.2 Å². The van der Waals surface area contributed by atoms with E-state index in [1.165, 1.54) is 43.0 Å². The number of fused-ring (bicyclic) bond motifs is 3. The number of quaternary nitrogens is 1. The third kappa shape index (κ3) is 3.62. The second kappa shape index (κ2) is 8.43. The van der Waals surface area contributed by atoms with Gasteiger partial charge in [0.1, 0.15) is 4.93 Å². The number of hydrogen-bond acceptors (Lipinski definition) is 6. The summed E-state index contributed by atoms with van der Waals surface area (Å²) in [6, 6.07) is 6.38. The molecule has 34 heavy (non-hydrogen) atoms. The Balaban J connectivity index is 1.27. The first-order valence-electron chi connectivity index (χ1n) is 12.8. The van der Waals surface area contributed by atoms with E-state index in [-0.39, 0.29) is 4.93 Å². The van der Waals surface area contributed by atoms with Crippen molar-refractivity contribution in [1.82, 2.24) is 9.97 Å². The number of nitrogens with zero attached hydrogens (tertiary/aromatic N) is 1. The average Bonchev–Trinajstić information content (AvgIpc) is 3.07. The molecule has 3 aliphatic carbocycles. The van der Waals surface area contributed by atoms with Crippen molar-refractivity contribution < 1.29 is 19.6 Å². The van der Waals surface area contributed by atoms with Gasteiger partial charge in [0.2, 0.25) is 0 Å². The SMILES string of the molecule is COC(=O)[NH2+]c1nc2ccc(SC3C[C@@H]4O[C@@]5(S)CC[C@H]6[C@H](C)CCC([C@H]3C)[C@@]46CC5)cc2[nH]1. The Morgan fingerprint density at radius 2 is 2.09 bits per heavy atom. The van der Waals surface area contributed by atoms with Gasteiger partial charge in [-0.25, -0.2) is 0 Å². The number of ether oxygens (including phenoxy) is 2. The molecule has 2 unspecified atom stereocenters. The van der Waals surface area contributed by atoms with Crippen LogP contribution in [0.1, 0.15) is 58.8 Å². The number of thioether (sulfide) groups is 1. The molecule has 1 aromatic heterocycles. The van der Waals surface area contributed by atoms with E-state index in [1.54, 1.807) is 0 Å². The second-order valence-corrected chi connectivity index (χ2v) is 13.3. The fourth-order valence-corrected chi connectivity index (χ4v) is 9.77. The molecule has 0 radical (unpaired) electrons. The summed E-state index contributed by atoms with van der Waals surface area (Å²) in [5, 5.41) is 1.91. The Labute approximate surface area is 211 Å². The third-order valence-electron chi connectivity index (χ3n) is 9.64. The molecule has 6 nitrogen and oxygen atoms in total. The zero-order chi connectivity index (χ0) is 23.7. The molecule has 8 atom stereocenters. The number of thiol groups is 1. The van der Waals surface area contributed by atoms with E-state index >= 15 is 0 Å². The molecule has 3 saturated carbocycles. The van der Waals surface area contributed by atoms with Crippen molar-refractivity contribution in [2.45, 2.75) is 80.0 Å². The number of benzene rings is 1. The molecule has 5 fully saturated rings. The van der Waals surface area contributed by atoms with Gasteiger partial charge in [-0.3, -0.25) is 4.98 Å². The highest BCUT2D eigenvalue weighted by Crippen LogP contribution is 2.68. The predicted octanol–water partition coefficient (Wildman–Crippen LogP) is 5.27. The molecule has 1 amide bonds. The number of methoxy groups -OCH3 is 1. The van der Waals surface area contributed by atoms with Crippen LogP contribution in [0.2, 0.25) is 0 Å². The van der Waals surface area contributed by atoms with Crippen molar-refractivity contribution in [2.24, 2.45) is 29.1 Å². The highest BCUT2D eigenvalue weighted by molar-refractivity contribution is 8.00. The number of imidazole rings is 1. The predicted molar refractivity (Wildman–Crippen MR) is 136 cm³/mol. The van der Waals surface area contributed by atoms with Gasteiger partial charge in [-0.1, -0.05) is 20.3 Å². The number of aromatic amines is 1. The van der Waals surface area contributed by atoms with Crippen LogP contribution in [0.5, 0.6) is 0 Å². The van der Waals surface area contributed by atoms with Gasteiger partial charge in [0.15, 0.2) is 0 Å². The minimum absolute atomic E-state index is 0.227. The van der Waals surface area contributed by atoms with E-state index in [2.05, 4.69) is 35.9 Å². The van der Waals surface area contributed by atoms with E-state index in [0.717, 1.165) is 48.0 Å². The lowest BCUT2D eigenvalue weighted by Gasteiger charge is -2.63. The third-order valence-corrected chi connectivity index (χ3v) is 11.6. The van der Waals surface area contributed by atoms with Crippen LogP contribution < -0.4 is 5.32 Å². The normalized spacial score (nSPS) is 41.2. The summed E-state index contributed by atoms with van der Waals surface area (Å²) in [7, 11) is 1.38. The summed E-state index contributed by atoms with van der Waals surface area (Å²) >= 11 is 7.07. The molecule has 5 aliphatic rings. The van der Waals surface area contributed by atoms with Crippen LogP contribution in [0.25, 0.3) is 11.0 Å². The first-order valence-corrected chi connectivity index (χ1v) is 14.1. The van der Waals surface area contributed by atoms with Gasteiger partial charge in [0, 0.05) is 15.6 Å². The van der Waals surface area contributed by atoms with Crippen molar-refractivity contribution in [1.29, 1.82) is 0 Å². The quantitative estimate of drug-likeness (QED) is 0.498. The molecule has 1 aromatic carbocycles. The maximum Gasteiger partial charge on any atom is 0.520 e.